The molecule has 2 heterocycles. The van der Waals surface area contributed by atoms with Crippen molar-refractivity contribution in [2.75, 3.05) is 5.32 Å². The van der Waals surface area contributed by atoms with Crippen LogP contribution in [0.15, 0.2) is 42.7 Å². The van der Waals surface area contributed by atoms with Crippen molar-refractivity contribution in [1.29, 1.82) is 0 Å². The third-order valence-electron chi connectivity index (χ3n) is 2.94. The van der Waals surface area contributed by atoms with E-state index in [4.69, 9.17) is 11.6 Å². The average Bonchev–Trinajstić information content (AvgIpc) is 3.08. The minimum absolute atomic E-state index is 0.168. The van der Waals surface area contributed by atoms with Gasteiger partial charge in [0.05, 0.1) is 17.8 Å². The summed E-state index contributed by atoms with van der Waals surface area (Å²) in [5.74, 6) is -0.363. The number of aromatic nitrogens is 4. The molecule has 0 saturated heterocycles. The second kappa shape index (κ2) is 5.98. The highest BCUT2D eigenvalue weighted by molar-refractivity contribution is 6.34. The molecule has 112 valence electrons. The molecule has 0 saturated carbocycles. The van der Waals surface area contributed by atoms with Crippen LogP contribution in [-0.2, 0) is 6.54 Å². The molecule has 2 aromatic heterocycles. The van der Waals surface area contributed by atoms with E-state index < -0.39 is 5.91 Å². The van der Waals surface area contributed by atoms with Gasteiger partial charge in [0.1, 0.15) is 11.5 Å². The van der Waals surface area contributed by atoms with Gasteiger partial charge in [-0.15, -0.1) is 0 Å². The Hall–Kier alpha value is -2.67. The molecule has 1 amide bonds. The van der Waals surface area contributed by atoms with Crippen LogP contribution in [0.1, 0.15) is 16.1 Å². The van der Waals surface area contributed by atoms with Crippen LogP contribution in [0.5, 0.6) is 0 Å². The number of carbonyl (C=O) groups excluding carboxylic acids is 1. The van der Waals surface area contributed by atoms with E-state index in [1.54, 1.807) is 29.1 Å². The van der Waals surface area contributed by atoms with E-state index in [9.17, 15) is 9.18 Å². The van der Waals surface area contributed by atoms with Crippen molar-refractivity contribution in [3.05, 3.63) is 64.8 Å². The van der Waals surface area contributed by atoms with E-state index >= 15 is 0 Å². The SMILES string of the molecule is O=C(Nc1ccn(Cc2cccc(F)c2)n1)c1[nH]ncc1Cl. The summed E-state index contributed by atoms with van der Waals surface area (Å²) in [7, 11) is 0. The first-order valence-electron chi connectivity index (χ1n) is 6.40. The second-order valence-electron chi connectivity index (χ2n) is 4.58. The molecule has 0 aliphatic carbocycles. The lowest BCUT2D eigenvalue weighted by Crippen LogP contribution is -2.14. The molecule has 1 aromatic carbocycles. The molecule has 0 radical (unpaired) electrons. The molecule has 0 aliphatic rings. The van der Waals surface area contributed by atoms with Crippen LogP contribution in [0, 0.1) is 5.82 Å². The highest BCUT2D eigenvalue weighted by Gasteiger charge is 2.13. The maximum absolute atomic E-state index is 13.1. The third kappa shape index (κ3) is 3.15. The summed E-state index contributed by atoms with van der Waals surface area (Å²) in [5.41, 5.74) is 0.943. The Morgan fingerprint density at radius 1 is 1.41 bits per heavy atom. The van der Waals surface area contributed by atoms with E-state index in [1.807, 2.05) is 0 Å². The summed E-state index contributed by atoms with van der Waals surface area (Å²) in [6.45, 7) is 0.401. The predicted octanol–water partition coefficient (Wildman–Crippen LogP) is 2.70. The number of halogens is 2. The van der Waals surface area contributed by atoms with Crippen LogP contribution in [-0.4, -0.2) is 25.9 Å². The molecule has 3 aromatic rings. The van der Waals surface area contributed by atoms with Gasteiger partial charge >= 0.3 is 0 Å². The van der Waals surface area contributed by atoms with E-state index in [0.717, 1.165) is 5.56 Å². The Morgan fingerprint density at radius 3 is 3.00 bits per heavy atom. The standard InChI is InChI=1S/C14H11ClFN5O/c15-11-7-17-19-13(11)14(22)18-12-4-5-21(20-12)8-9-2-1-3-10(16)6-9/h1-7H,8H2,(H,17,19)(H,18,20,22). The Balaban J connectivity index is 1.69. The number of H-pyrrole nitrogens is 1. The van der Waals surface area contributed by atoms with Gasteiger partial charge in [0, 0.05) is 12.3 Å². The Morgan fingerprint density at radius 2 is 2.27 bits per heavy atom. The number of hydrogen-bond acceptors (Lipinski definition) is 3. The fourth-order valence-electron chi connectivity index (χ4n) is 1.95. The summed E-state index contributed by atoms with van der Waals surface area (Å²) in [6.07, 6.45) is 3.04. The maximum Gasteiger partial charge on any atom is 0.276 e. The molecular formula is C14H11ClFN5O. The lowest BCUT2D eigenvalue weighted by atomic mass is 10.2. The van der Waals surface area contributed by atoms with Crippen LogP contribution >= 0.6 is 11.6 Å². The Labute approximate surface area is 129 Å². The van der Waals surface area contributed by atoms with Gasteiger partial charge < -0.3 is 5.32 Å². The number of anilines is 1. The number of benzene rings is 1. The largest absolute Gasteiger partial charge is 0.304 e. The normalized spacial score (nSPS) is 10.6. The number of nitrogens with zero attached hydrogens (tertiary/aromatic N) is 3. The predicted molar refractivity (Wildman–Crippen MR) is 79.3 cm³/mol. The summed E-state index contributed by atoms with van der Waals surface area (Å²) < 4.78 is 14.7. The summed E-state index contributed by atoms with van der Waals surface area (Å²) in [4.78, 5) is 11.9. The van der Waals surface area contributed by atoms with Crippen LogP contribution < -0.4 is 5.32 Å². The minimum Gasteiger partial charge on any atom is -0.304 e. The molecule has 8 heteroatoms. The van der Waals surface area contributed by atoms with Crippen molar-refractivity contribution >= 4 is 23.3 Å². The first kappa shape index (κ1) is 14.3. The number of amides is 1. The highest BCUT2D eigenvalue weighted by atomic mass is 35.5. The van der Waals surface area contributed by atoms with Gasteiger partial charge in [-0.05, 0) is 17.7 Å². The third-order valence-corrected chi connectivity index (χ3v) is 3.22. The van der Waals surface area contributed by atoms with Crippen molar-refractivity contribution < 1.29 is 9.18 Å². The maximum atomic E-state index is 13.1. The number of carbonyl (C=O) groups is 1. The van der Waals surface area contributed by atoms with Crippen molar-refractivity contribution in [2.45, 2.75) is 6.54 Å². The summed E-state index contributed by atoms with van der Waals surface area (Å²) >= 11 is 5.81. The lowest BCUT2D eigenvalue weighted by Gasteiger charge is -2.02. The highest BCUT2D eigenvalue weighted by Crippen LogP contribution is 2.14. The van der Waals surface area contributed by atoms with Crippen LogP contribution in [0.25, 0.3) is 0 Å². The number of aromatic amines is 1. The van der Waals surface area contributed by atoms with Gasteiger partial charge in [0.2, 0.25) is 0 Å². The van der Waals surface area contributed by atoms with Crippen molar-refractivity contribution in [1.82, 2.24) is 20.0 Å². The van der Waals surface area contributed by atoms with Crippen molar-refractivity contribution in [3.63, 3.8) is 0 Å². The Bertz CT molecular complexity index is 813. The van der Waals surface area contributed by atoms with Gasteiger partial charge in [-0.3, -0.25) is 14.6 Å². The van der Waals surface area contributed by atoms with Crippen molar-refractivity contribution in [3.8, 4) is 0 Å². The molecule has 0 fully saturated rings. The van der Waals surface area contributed by atoms with Gasteiger partial charge in [-0.1, -0.05) is 23.7 Å². The van der Waals surface area contributed by atoms with Crippen LogP contribution in [0.4, 0.5) is 10.2 Å². The van der Waals surface area contributed by atoms with Crippen LogP contribution in [0.2, 0.25) is 5.02 Å². The first-order valence-corrected chi connectivity index (χ1v) is 6.78. The van der Waals surface area contributed by atoms with E-state index in [2.05, 4.69) is 20.6 Å². The van der Waals surface area contributed by atoms with Gasteiger partial charge in [-0.25, -0.2) is 4.39 Å². The fraction of sp³-hybridized carbons (Fsp3) is 0.0714. The topological polar surface area (TPSA) is 75.6 Å². The van der Waals surface area contributed by atoms with Crippen LogP contribution in [0.3, 0.4) is 0 Å². The first-order chi connectivity index (χ1) is 10.6. The Kier molecular flexibility index (Phi) is 3.88. The number of rotatable bonds is 4. The second-order valence-corrected chi connectivity index (χ2v) is 4.98. The number of nitrogens with one attached hydrogen (secondary N) is 2. The fourth-order valence-corrected chi connectivity index (χ4v) is 2.13. The quantitative estimate of drug-likeness (QED) is 0.776. The molecule has 0 unspecified atom stereocenters. The molecule has 22 heavy (non-hydrogen) atoms. The van der Waals surface area contributed by atoms with Crippen molar-refractivity contribution in [2.24, 2.45) is 0 Å². The van der Waals surface area contributed by atoms with Gasteiger partial charge in [-0.2, -0.15) is 10.2 Å². The molecule has 2 N–H and O–H groups in total. The average molecular weight is 320 g/mol. The smallest absolute Gasteiger partial charge is 0.276 e. The van der Waals surface area contributed by atoms with Gasteiger partial charge in [0.25, 0.3) is 5.91 Å². The van der Waals surface area contributed by atoms with Gasteiger partial charge in [0.15, 0.2) is 5.82 Å². The van der Waals surface area contributed by atoms with E-state index in [1.165, 1.54) is 18.3 Å². The zero-order valence-corrected chi connectivity index (χ0v) is 12.0. The van der Waals surface area contributed by atoms with E-state index in [0.29, 0.717) is 12.4 Å². The number of hydrogen-bond donors (Lipinski definition) is 2. The van der Waals surface area contributed by atoms with E-state index in [-0.39, 0.29) is 16.5 Å². The molecule has 3 rings (SSSR count). The lowest BCUT2D eigenvalue weighted by molar-refractivity contribution is 0.102. The summed E-state index contributed by atoms with van der Waals surface area (Å²) in [6, 6.07) is 7.89. The molecule has 0 atom stereocenters. The molecule has 0 aliphatic heterocycles. The zero-order chi connectivity index (χ0) is 15.5. The molecular weight excluding hydrogens is 309 g/mol. The monoisotopic (exact) mass is 319 g/mol. The molecule has 0 spiro atoms. The molecule has 6 nitrogen and oxygen atoms in total. The summed E-state index contributed by atoms with van der Waals surface area (Å²) in [5, 5.41) is 13.2. The zero-order valence-electron chi connectivity index (χ0n) is 11.3. The minimum atomic E-state index is -0.432. The molecule has 0 bridgehead atoms.